The van der Waals surface area contributed by atoms with Crippen LogP contribution in [0.15, 0.2) is 78.9 Å². The van der Waals surface area contributed by atoms with Crippen molar-refractivity contribution in [3.05, 3.63) is 90.0 Å². The first-order chi connectivity index (χ1) is 14.2. The summed E-state index contributed by atoms with van der Waals surface area (Å²) >= 11 is 0. The summed E-state index contributed by atoms with van der Waals surface area (Å²) in [6.45, 7) is 2.56. The first-order valence-electron chi connectivity index (χ1n) is 9.49. The number of ether oxygens (including phenoxy) is 3. The molecule has 1 amide bonds. The lowest BCUT2D eigenvalue weighted by Gasteiger charge is -2.16. The molecule has 150 valence electrons. The van der Waals surface area contributed by atoms with Crippen LogP contribution < -0.4 is 19.5 Å². The van der Waals surface area contributed by atoms with Crippen molar-refractivity contribution in [1.82, 2.24) is 5.32 Å². The zero-order chi connectivity index (χ0) is 20.5. The zero-order valence-corrected chi connectivity index (χ0v) is 16.6. The minimum absolute atomic E-state index is 0.196. The number of rotatable bonds is 9. The van der Waals surface area contributed by atoms with Crippen LogP contribution in [0.5, 0.6) is 17.2 Å². The fourth-order valence-corrected chi connectivity index (χ4v) is 2.76. The molecule has 0 bridgehead atoms. The third-order valence-electron chi connectivity index (χ3n) is 4.40. The molecular weight excluding hydrogens is 366 g/mol. The van der Waals surface area contributed by atoms with E-state index in [-0.39, 0.29) is 5.91 Å². The maximum Gasteiger partial charge on any atom is 0.261 e. The van der Waals surface area contributed by atoms with E-state index in [1.807, 2.05) is 54.6 Å². The number of hydrogen-bond donors (Lipinski definition) is 1. The number of benzene rings is 3. The molecule has 0 saturated heterocycles. The third-order valence-corrected chi connectivity index (χ3v) is 4.40. The van der Waals surface area contributed by atoms with Crippen molar-refractivity contribution >= 4 is 5.91 Å². The number of hydrogen-bond acceptors (Lipinski definition) is 4. The molecule has 0 aromatic heterocycles. The molecule has 1 N–H and O–H groups in total. The smallest absolute Gasteiger partial charge is 0.261 e. The van der Waals surface area contributed by atoms with E-state index in [0.29, 0.717) is 18.9 Å². The summed E-state index contributed by atoms with van der Waals surface area (Å²) in [5, 5.41) is 2.91. The summed E-state index contributed by atoms with van der Waals surface area (Å²) in [7, 11) is 1.60. The standard InChI is InChI=1S/C24H25NO4/c1-18(29-22-14-12-21(27-2)13-15-22)24(26)25-16-20-10-6-7-11-23(20)28-17-19-8-4-3-5-9-19/h3-15,18H,16-17H2,1-2H3,(H,25,26). The van der Waals surface area contributed by atoms with E-state index in [0.717, 1.165) is 22.6 Å². The van der Waals surface area contributed by atoms with Gasteiger partial charge < -0.3 is 19.5 Å². The molecule has 0 aliphatic carbocycles. The Morgan fingerprint density at radius 1 is 0.897 bits per heavy atom. The summed E-state index contributed by atoms with van der Waals surface area (Å²) in [6.07, 6.45) is -0.624. The number of para-hydroxylation sites is 1. The van der Waals surface area contributed by atoms with Crippen molar-refractivity contribution in [2.45, 2.75) is 26.2 Å². The molecule has 0 radical (unpaired) electrons. The number of methoxy groups -OCH3 is 1. The van der Waals surface area contributed by atoms with Crippen molar-refractivity contribution in [1.29, 1.82) is 0 Å². The number of nitrogens with one attached hydrogen (secondary N) is 1. The fraction of sp³-hybridized carbons (Fsp3) is 0.208. The van der Waals surface area contributed by atoms with Crippen molar-refractivity contribution < 1.29 is 19.0 Å². The van der Waals surface area contributed by atoms with Crippen LogP contribution in [0.2, 0.25) is 0 Å². The van der Waals surface area contributed by atoms with Gasteiger partial charge in [0, 0.05) is 12.1 Å². The molecule has 0 aliphatic heterocycles. The van der Waals surface area contributed by atoms with Crippen molar-refractivity contribution in [3.8, 4) is 17.2 Å². The van der Waals surface area contributed by atoms with Crippen molar-refractivity contribution in [2.75, 3.05) is 7.11 Å². The molecule has 0 fully saturated rings. The lowest BCUT2D eigenvalue weighted by molar-refractivity contribution is -0.127. The highest BCUT2D eigenvalue weighted by Crippen LogP contribution is 2.20. The van der Waals surface area contributed by atoms with Crippen LogP contribution >= 0.6 is 0 Å². The Morgan fingerprint density at radius 3 is 2.28 bits per heavy atom. The minimum Gasteiger partial charge on any atom is -0.497 e. The molecule has 0 heterocycles. The van der Waals surface area contributed by atoms with Gasteiger partial charge in [0.05, 0.1) is 7.11 Å². The average Bonchev–Trinajstić information content (AvgIpc) is 2.77. The van der Waals surface area contributed by atoms with E-state index >= 15 is 0 Å². The van der Waals surface area contributed by atoms with Crippen LogP contribution in [-0.4, -0.2) is 19.1 Å². The normalized spacial score (nSPS) is 11.4. The second-order valence-electron chi connectivity index (χ2n) is 6.54. The summed E-state index contributed by atoms with van der Waals surface area (Å²) in [4.78, 5) is 12.4. The monoisotopic (exact) mass is 391 g/mol. The van der Waals surface area contributed by atoms with Crippen LogP contribution in [0.1, 0.15) is 18.1 Å². The lowest BCUT2D eigenvalue weighted by Crippen LogP contribution is -2.36. The molecule has 3 aromatic rings. The number of carbonyl (C=O) groups excluding carboxylic acids is 1. The van der Waals surface area contributed by atoms with Crippen molar-refractivity contribution in [2.24, 2.45) is 0 Å². The SMILES string of the molecule is COc1ccc(OC(C)C(=O)NCc2ccccc2OCc2ccccc2)cc1. The predicted octanol–water partition coefficient (Wildman–Crippen LogP) is 4.36. The van der Waals surface area contributed by atoms with Gasteiger partial charge in [-0.25, -0.2) is 0 Å². The second-order valence-corrected chi connectivity index (χ2v) is 6.54. The Hall–Kier alpha value is -3.47. The van der Waals surface area contributed by atoms with Gasteiger partial charge in [-0.05, 0) is 42.8 Å². The summed E-state index contributed by atoms with van der Waals surface area (Å²) in [6, 6.07) is 24.8. The van der Waals surface area contributed by atoms with Crippen LogP contribution in [0.3, 0.4) is 0 Å². The van der Waals surface area contributed by atoms with Crippen LogP contribution in [0.4, 0.5) is 0 Å². The maximum atomic E-state index is 12.4. The molecule has 3 aromatic carbocycles. The summed E-state index contributed by atoms with van der Waals surface area (Å²) in [5.41, 5.74) is 2.00. The topological polar surface area (TPSA) is 56.8 Å². The van der Waals surface area contributed by atoms with E-state index in [9.17, 15) is 4.79 Å². The largest absolute Gasteiger partial charge is 0.497 e. The Morgan fingerprint density at radius 2 is 1.55 bits per heavy atom. The van der Waals surface area contributed by atoms with E-state index in [1.54, 1.807) is 38.3 Å². The highest BCUT2D eigenvalue weighted by atomic mass is 16.5. The van der Waals surface area contributed by atoms with E-state index in [4.69, 9.17) is 14.2 Å². The Labute approximate surface area is 171 Å². The molecule has 0 aliphatic rings. The first kappa shape index (κ1) is 20.3. The summed E-state index contributed by atoms with van der Waals surface area (Å²) < 4.78 is 16.8. The van der Waals surface area contributed by atoms with Gasteiger partial charge in [0.1, 0.15) is 23.9 Å². The van der Waals surface area contributed by atoms with Gasteiger partial charge in [-0.2, -0.15) is 0 Å². The van der Waals surface area contributed by atoms with Gasteiger partial charge in [0.15, 0.2) is 6.10 Å². The molecule has 5 nitrogen and oxygen atoms in total. The van der Waals surface area contributed by atoms with Gasteiger partial charge >= 0.3 is 0 Å². The van der Waals surface area contributed by atoms with E-state index in [2.05, 4.69) is 5.32 Å². The molecule has 1 atom stereocenters. The highest BCUT2D eigenvalue weighted by molar-refractivity contribution is 5.80. The van der Waals surface area contributed by atoms with Gasteiger partial charge in [-0.15, -0.1) is 0 Å². The quantitative estimate of drug-likeness (QED) is 0.589. The average molecular weight is 391 g/mol. The fourth-order valence-electron chi connectivity index (χ4n) is 2.76. The lowest BCUT2D eigenvalue weighted by atomic mass is 10.2. The molecular formula is C24H25NO4. The Bertz CT molecular complexity index is 910. The van der Waals surface area contributed by atoms with Gasteiger partial charge in [-0.3, -0.25) is 4.79 Å². The number of carbonyl (C=O) groups is 1. The Balaban J connectivity index is 1.53. The second kappa shape index (κ2) is 10.2. The van der Waals surface area contributed by atoms with E-state index in [1.165, 1.54) is 0 Å². The van der Waals surface area contributed by atoms with Gasteiger partial charge in [-0.1, -0.05) is 48.5 Å². The molecule has 0 saturated carbocycles. The molecule has 3 rings (SSSR count). The minimum atomic E-state index is -0.624. The van der Waals surface area contributed by atoms with Gasteiger partial charge in [0.2, 0.25) is 0 Å². The molecule has 1 unspecified atom stereocenters. The third kappa shape index (κ3) is 6.01. The predicted molar refractivity (Wildman–Crippen MR) is 112 cm³/mol. The summed E-state index contributed by atoms with van der Waals surface area (Å²) in [5.74, 6) is 1.90. The highest BCUT2D eigenvalue weighted by Gasteiger charge is 2.15. The first-order valence-corrected chi connectivity index (χ1v) is 9.49. The van der Waals surface area contributed by atoms with Crippen molar-refractivity contribution in [3.63, 3.8) is 0 Å². The van der Waals surface area contributed by atoms with Gasteiger partial charge in [0.25, 0.3) is 5.91 Å². The van der Waals surface area contributed by atoms with Crippen LogP contribution in [-0.2, 0) is 17.9 Å². The molecule has 29 heavy (non-hydrogen) atoms. The molecule has 5 heteroatoms. The van der Waals surface area contributed by atoms with E-state index < -0.39 is 6.10 Å². The van der Waals surface area contributed by atoms with Crippen LogP contribution in [0.25, 0.3) is 0 Å². The number of amides is 1. The maximum absolute atomic E-state index is 12.4. The van der Waals surface area contributed by atoms with Crippen LogP contribution in [0, 0.1) is 0 Å². The molecule has 0 spiro atoms. The Kier molecular flexibility index (Phi) is 7.11. The zero-order valence-electron chi connectivity index (χ0n) is 16.6.